The van der Waals surface area contributed by atoms with E-state index in [1.807, 2.05) is 13.8 Å². The highest BCUT2D eigenvalue weighted by molar-refractivity contribution is 7.92. The predicted octanol–water partition coefficient (Wildman–Crippen LogP) is 0.884. The second-order valence-electron chi connectivity index (χ2n) is 3.16. The Balaban J connectivity index is 2.69. The van der Waals surface area contributed by atoms with Crippen LogP contribution in [0.3, 0.4) is 0 Å². The first kappa shape index (κ1) is 12.4. The quantitative estimate of drug-likeness (QED) is 0.813. The third-order valence-corrected chi connectivity index (χ3v) is 4.29. The fourth-order valence-corrected chi connectivity index (χ4v) is 3.09. The minimum Gasteiger partial charge on any atom is -0.396 e. The summed E-state index contributed by atoms with van der Waals surface area (Å²) in [5.41, 5.74) is 0.833. The van der Waals surface area contributed by atoms with Crippen LogP contribution in [0, 0.1) is 13.8 Å². The van der Waals surface area contributed by atoms with Crippen molar-refractivity contribution < 1.29 is 13.5 Å². The predicted molar refractivity (Wildman–Crippen MR) is 60.7 cm³/mol. The second-order valence-corrected chi connectivity index (χ2v) is 6.20. The van der Waals surface area contributed by atoms with E-state index in [-0.39, 0.29) is 18.8 Å². The molecule has 1 rings (SSSR count). The number of rotatable bonds is 5. The van der Waals surface area contributed by atoms with Gasteiger partial charge in [0.1, 0.15) is 0 Å². The molecule has 1 aromatic rings. The number of aliphatic hydroxyl groups is 1. The van der Waals surface area contributed by atoms with Crippen molar-refractivity contribution in [3.63, 3.8) is 0 Å². The molecule has 0 aromatic carbocycles. The summed E-state index contributed by atoms with van der Waals surface area (Å²) >= 11 is 1.31. The summed E-state index contributed by atoms with van der Waals surface area (Å²) in [7, 11) is -3.36. The van der Waals surface area contributed by atoms with Crippen LogP contribution in [0.5, 0.6) is 0 Å². The summed E-state index contributed by atoms with van der Waals surface area (Å²) in [6, 6.07) is 0. The van der Waals surface area contributed by atoms with Gasteiger partial charge in [0.2, 0.25) is 10.0 Å². The van der Waals surface area contributed by atoms with Gasteiger partial charge in [0.25, 0.3) is 0 Å². The molecule has 0 aliphatic carbocycles. The van der Waals surface area contributed by atoms with Crippen molar-refractivity contribution in [1.29, 1.82) is 0 Å². The van der Waals surface area contributed by atoms with Gasteiger partial charge in [0, 0.05) is 11.5 Å². The average molecular weight is 250 g/mol. The SMILES string of the molecule is Cc1nc(NS(=O)(=O)CCCO)sc1C. The Morgan fingerprint density at radius 1 is 1.47 bits per heavy atom. The summed E-state index contributed by atoms with van der Waals surface area (Å²) in [5, 5.41) is 8.93. The summed E-state index contributed by atoms with van der Waals surface area (Å²) in [4.78, 5) is 5.06. The van der Waals surface area contributed by atoms with E-state index in [9.17, 15) is 8.42 Å². The number of hydrogen-bond donors (Lipinski definition) is 2. The fourth-order valence-electron chi connectivity index (χ4n) is 0.955. The lowest BCUT2D eigenvalue weighted by molar-refractivity contribution is 0.295. The maximum atomic E-state index is 11.4. The average Bonchev–Trinajstić information content (AvgIpc) is 2.41. The molecule has 0 fully saturated rings. The van der Waals surface area contributed by atoms with Crippen molar-refractivity contribution in [1.82, 2.24) is 4.98 Å². The molecule has 0 aliphatic heterocycles. The van der Waals surface area contributed by atoms with E-state index in [1.165, 1.54) is 11.3 Å². The van der Waals surface area contributed by atoms with Crippen molar-refractivity contribution in [2.45, 2.75) is 20.3 Å². The molecule has 0 atom stereocenters. The lowest BCUT2D eigenvalue weighted by Gasteiger charge is -2.02. The zero-order chi connectivity index (χ0) is 11.5. The smallest absolute Gasteiger partial charge is 0.234 e. The van der Waals surface area contributed by atoms with E-state index in [0.29, 0.717) is 5.13 Å². The van der Waals surface area contributed by atoms with E-state index in [0.717, 1.165) is 10.6 Å². The molecule has 5 nitrogen and oxygen atoms in total. The molecule has 0 saturated heterocycles. The van der Waals surface area contributed by atoms with Gasteiger partial charge in [-0.05, 0) is 20.3 Å². The summed E-state index contributed by atoms with van der Waals surface area (Å²) < 4.78 is 25.2. The number of aromatic nitrogens is 1. The highest BCUT2D eigenvalue weighted by Gasteiger charge is 2.12. The number of anilines is 1. The van der Waals surface area contributed by atoms with Crippen LogP contribution < -0.4 is 4.72 Å². The molecule has 1 aromatic heterocycles. The Kier molecular flexibility index (Phi) is 4.06. The van der Waals surface area contributed by atoms with Crippen LogP contribution in [-0.4, -0.2) is 30.9 Å². The number of sulfonamides is 1. The van der Waals surface area contributed by atoms with Crippen LogP contribution in [0.25, 0.3) is 0 Å². The van der Waals surface area contributed by atoms with Crippen molar-refractivity contribution in [2.75, 3.05) is 17.1 Å². The third kappa shape index (κ3) is 3.77. The van der Waals surface area contributed by atoms with Gasteiger partial charge >= 0.3 is 0 Å². The Hall–Kier alpha value is -0.660. The highest BCUT2D eigenvalue weighted by atomic mass is 32.2. The molecule has 0 unspecified atom stereocenters. The van der Waals surface area contributed by atoms with Gasteiger partial charge in [-0.3, -0.25) is 4.72 Å². The third-order valence-electron chi connectivity index (χ3n) is 1.84. The second kappa shape index (κ2) is 4.91. The zero-order valence-corrected chi connectivity index (χ0v) is 10.3. The normalized spacial score (nSPS) is 11.7. The maximum absolute atomic E-state index is 11.4. The number of nitrogens with zero attached hydrogens (tertiary/aromatic N) is 1. The van der Waals surface area contributed by atoms with Gasteiger partial charge in [-0.15, -0.1) is 11.3 Å². The molecule has 0 spiro atoms. The van der Waals surface area contributed by atoms with Crippen LogP contribution in [0.15, 0.2) is 0 Å². The first-order valence-corrected chi connectivity index (χ1v) is 6.97. The van der Waals surface area contributed by atoms with Gasteiger partial charge in [-0.2, -0.15) is 0 Å². The molecule has 0 saturated carbocycles. The number of thiazole rings is 1. The lowest BCUT2D eigenvalue weighted by atomic mass is 10.4. The summed E-state index contributed by atoms with van der Waals surface area (Å²) in [6.07, 6.45) is 0.235. The van der Waals surface area contributed by atoms with E-state index >= 15 is 0 Å². The van der Waals surface area contributed by atoms with Crippen molar-refractivity contribution in [2.24, 2.45) is 0 Å². The Morgan fingerprint density at radius 3 is 2.60 bits per heavy atom. The topological polar surface area (TPSA) is 79.3 Å². The van der Waals surface area contributed by atoms with E-state index < -0.39 is 10.0 Å². The van der Waals surface area contributed by atoms with E-state index in [2.05, 4.69) is 9.71 Å². The van der Waals surface area contributed by atoms with E-state index in [4.69, 9.17) is 5.11 Å². The Bertz CT molecular complexity index is 406. The van der Waals surface area contributed by atoms with Crippen LogP contribution in [0.2, 0.25) is 0 Å². The van der Waals surface area contributed by atoms with Crippen LogP contribution in [0.1, 0.15) is 17.0 Å². The summed E-state index contributed by atoms with van der Waals surface area (Å²) in [5.74, 6) is -0.0822. The number of aryl methyl sites for hydroxylation is 2. The molecule has 0 aliphatic rings. The van der Waals surface area contributed by atoms with Crippen molar-refractivity contribution in [3.05, 3.63) is 10.6 Å². The molecule has 0 amide bonds. The van der Waals surface area contributed by atoms with Crippen LogP contribution >= 0.6 is 11.3 Å². The Morgan fingerprint density at radius 2 is 2.13 bits per heavy atom. The first-order valence-electron chi connectivity index (χ1n) is 4.50. The first-order chi connectivity index (χ1) is 6.94. The molecular weight excluding hydrogens is 236 g/mol. The minimum atomic E-state index is -3.36. The minimum absolute atomic E-state index is 0.0822. The van der Waals surface area contributed by atoms with Gasteiger partial charge < -0.3 is 5.11 Å². The Labute approximate surface area is 93.2 Å². The molecule has 15 heavy (non-hydrogen) atoms. The zero-order valence-electron chi connectivity index (χ0n) is 8.65. The molecule has 86 valence electrons. The van der Waals surface area contributed by atoms with E-state index in [1.54, 1.807) is 0 Å². The van der Waals surface area contributed by atoms with Gasteiger partial charge in [0.15, 0.2) is 5.13 Å². The van der Waals surface area contributed by atoms with Crippen molar-refractivity contribution >= 4 is 26.5 Å². The summed E-state index contributed by atoms with van der Waals surface area (Å²) in [6.45, 7) is 3.59. The van der Waals surface area contributed by atoms with Crippen molar-refractivity contribution in [3.8, 4) is 0 Å². The standard InChI is InChI=1S/C8H14N2O3S2/c1-6-7(2)14-8(9-6)10-15(12,13)5-3-4-11/h11H,3-5H2,1-2H3,(H,9,10). The van der Waals surface area contributed by atoms with Gasteiger partial charge in [-0.25, -0.2) is 13.4 Å². The number of hydrogen-bond acceptors (Lipinski definition) is 5. The van der Waals surface area contributed by atoms with Gasteiger partial charge in [-0.1, -0.05) is 0 Å². The molecule has 0 radical (unpaired) electrons. The number of nitrogens with one attached hydrogen (secondary N) is 1. The van der Waals surface area contributed by atoms with Gasteiger partial charge in [0.05, 0.1) is 11.4 Å². The highest BCUT2D eigenvalue weighted by Crippen LogP contribution is 2.22. The molecule has 7 heteroatoms. The van der Waals surface area contributed by atoms with Crippen LogP contribution in [0.4, 0.5) is 5.13 Å². The molecular formula is C8H14N2O3S2. The van der Waals surface area contributed by atoms with Crippen LogP contribution in [-0.2, 0) is 10.0 Å². The number of aliphatic hydroxyl groups excluding tert-OH is 1. The molecule has 0 bridgehead atoms. The molecule has 1 heterocycles. The molecule has 2 N–H and O–H groups in total. The largest absolute Gasteiger partial charge is 0.396 e. The monoisotopic (exact) mass is 250 g/mol. The lowest BCUT2D eigenvalue weighted by Crippen LogP contribution is -2.17. The fraction of sp³-hybridized carbons (Fsp3) is 0.625. The maximum Gasteiger partial charge on any atom is 0.234 e.